The van der Waals surface area contributed by atoms with E-state index in [2.05, 4.69) is 30.4 Å². The van der Waals surface area contributed by atoms with Crippen molar-refractivity contribution in [1.82, 2.24) is 15.2 Å². The zero-order valence-electron chi connectivity index (χ0n) is 16.5. The van der Waals surface area contributed by atoms with Crippen molar-refractivity contribution < 1.29 is 9.59 Å². The average Bonchev–Trinajstić information content (AvgIpc) is 3.00. The van der Waals surface area contributed by atoms with Crippen LogP contribution < -0.4 is 5.32 Å². The van der Waals surface area contributed by atoms with Gasteiger partial charge in [-0.3, -0.25) is 9.59 Å². The van der Waals surface area contributed by atoms with E-state index in [0.29, 0.717) is 30.3 Å². The van der Waals surface area contributed by atoms with Gasteiger partial charge in [0.2, 0.25) is 11.8 Å². The fourth-order valence-corrected chi connectivity index (χ4v) is 6.34. The lowest BCUT2D eigenvalue weighted by Gasteiger charge is -2.57. The molecule has 2 aliphatic carbocycles. The van der Waals surface area contributed by atoms with Gasteiger partial charge in [0.25, 0.3) is 0 Å². The second-order valence-corrected chi connectivity index (χ2v) is 10.3. The van der Waals surface area contributed by atoms with E-state index in [9.17, 15) is 9.59 Å². The van der Waals surface area contributed by atoms with Crippen LogP contribution in [0.1, 0.15) is 55.0 Å². The van der Waals surface area contributed by atoms with E-state index in [4.69, 9.17) is 4.98 Å². The molecule has 0 bridgehead atoms. The summed E-state index contributed by atoms with van der Waals surface area (Å²) in [5, 5.41) is 4.49. The first kappa shape index (κ1) is 18.1. The first-order valence-electron chi connectivity index (χ1n) is 10.3. The molecule has 1 saturated heterocycles. The number of nitrogens with zero attached hydrogens (tertiary/aromatic N) is 2. The Balaban J connectivity index is 1.13. The summed E-state index contributed by atoms with van der Waals surface area (Å²) in [7, 11) is 1.81. The van der Waals surface area contributed by atoms with E-state index in [-0.39, 0.29) is 17.7 Å². The van der Waals surface area contributed by atoms with Crippen LogP contribution >= 0.6 is 11.3 Å². The summed E-state index contributed by atoms with van der Waals surface area (Å²) < 4.78 is 1.29. The number of amides is 2. The minimum Gasteiger partial charge on any atom is -0.353 e. The van der Waals surface area contributed by atoms with Gasteiger partial charge in [0.05, 0.1) is 15.2 Å². The molecule has 1 unspecified atom stereocenters. The molecule has 5 nitrogen and oxygen atoms in total. The third-order valence-electron chi connectivity index (χ3n) is 7.00. The Labute approximate surface area is 169 Å². The zero-order valence-corrected chi connectivity index (χ0v) is 17.3. The Bertz CT molecular complexity index is 938. The van der Waals surface area contributed by atoms with Gasteiger partial charge >= 0.3 is 0 Å². The molecule has 0 radical (unpaired) electrons. The Hall–Kier alpha value is -1.95. The number of aromatic nitrogens is 1. The number of rotatable bonds is 3. The lowest BCUT2D eigenvalue weighted by atomic mass is 9.50. The van der Waals surface area contributed by atoms with Crippen LogP contribution in [0, 0.1) is 18.3 Å². The minimum atomic E-state index is -0.138. The van der Waals surface area contributed by atoms with Gasteiger partial charge in [-0.1, -0.05) is 6.07 Å². The van der Waals surface area contributed by atoms with E-state index < -0.39 is 0 Å². The Morgan fingerprint density at radius 1 is 1.29 bits per heavy atom. The SMILES string of the molecule is Cc1ccc2sc(C3CC4(CC(NC(=O)C5CCN(C)C(=O)C5)C4)C3)nc2c1. The summed E-state index contributed by atoms with van der Waals surface area (Å²) in [6, 6.07) is 6.81. The third kappa shape index (κ3) is 3.11. The van der Waals surface area contributed by atoms with Crippen LogP contribution in [0.25, 0.3) is 10.2 Å². The van der Waals surface area contributed by atoms with Crippen molar-refractivity contribution in [3.05, 3.63) is 28.8 Å². The van der Waals surface area contributed by atoms with Crippen LogP contribution in [0.3, 0.4) is 0 Å². The minimum absolute atomic E-state index is 0.0821. The van der Waals surface area contributed by atoms with Crippen molar-refractivity contribution >= 4 is 33.4 Å². The van der Waals surface area contributed by atoms with Gasteiger partial charge in [0, 0.05) is 37.9 Å². The van der Waals surface area contributed by atoms with Gasteiger partial charge in [0.1, 0.15) is 0 Å². The molecule has 5 rings (SSSR count). The molecule has 1 aromatic carbocycles. The normalized spacial score (nSPS) is 32.3. The van der Waals surface area contributed by atoms with Crippen molar-refractivity contribution in [3.8, 4) is 0 Å². The highest BCUT2D eigenvalue weighted by molar-refractivity contribution is 7.18. The number of hydrogen-bond acceptors (Lipinski definition) is 4. The summed E-state index contributed by atoms with van der Waals surface area (Å²) in [4.78, 5) is 30.9. The number of aryl methyl sites for hydroxylation is 1. The fourth-order valence-electron chi connectivity index (χ4n) is 5.30. The molecule has 1 spiro atoms. The molecule has 28 heavy (non-hydrogen) atoms. The molecule has 1 aliphatic heterocycles. The highest BCUT2D eigenvalue weighted by Crippen LogP contribution is 2.62. The van der Waals surface area contributed by atoms with Gasteiger partial charge in [-0.15, -0.1) is 11.3 Å². The molecule has 148 valence electrons. The topological polar surface area (TPSA) is 62.3 Å². The molecular formula is C22H27N3O2S. The molecule has 2 heterocycles. The van der Waals surface area contributed by atoms with Crippen molar-refractivity contribution in [1.29, 1.82) is 0 Å². The van der Waals surface area contributed by atoms with E-state index in [1.54, 1.807) is 4.90 Å². The number of thiazole rings is 1. The van der Waals surface area contributed by atoms with Crippen LogP contribution in [0.15, 0.2) is 18.2 Å². The number of likely N-dealkylation sites (tertiary alicyclic amines) is 1. The van der Waals surface area contributed by atoms with E-state index in [0.717, 1.165) is 24.8 Å². The quantitative estimate of drug-likeness (QED) is 0.860. The highest BCUT2D eigenvalue weighted by Gasteiger charge is 2.54. The maximum absolute atomic E-state index is 12.5. The van der Waals surface area contributed by atoms with Crippen molar-refractivity contribution in [2.45, 2.75) is 57.4 Å². The van der Waals surface area contributed by atoms with Gasteiger partial charge in [-0.2, -0.15) is 0 Å². The lowest BCUT2D eigenvalue weighted by Crippen LogP contribution is -2.57. The standard InChI is InChI=1S/C22H27N3O2S/c1-13-3-4-18-17(7-13)24-21(28-18)15-9-22(10-15)11-16(12-22)23-20(27)14-5-6-25(2)19(26)8-14/h3-4,7,14-16H,5-6,8-12H2,1-2H3,(H,23,27). The van der Waals surface area contributed by atoms with Gasteiger partial charge < -0.3 is 10.2 Å². The molecule has 3 aliphatic rings. The van der Waals surface area contributed by atoms with E-state index >= 15 is 0 Å². The van der Waals surface area contributed by atoms with Crippen LogP contribution in [-0.2, 0) is 9.59 Å². The number of benzene rings is 1. The van der Waals surface area contributed by atoms with Crippen LogP contribution in [0.2, 0.25) is 0 Å². The van der Waals surface area contributed by atoms with Gasteiger partial charge in [-0.05, 0) is 62.1 Å². The predicted molar refractivity (Wildman–Crippen MR) is 110 cm³/mol. The molecule has 2 saturated carbocycles. The third-order valence-corrected chi connectivity index (χ3v) is 8.20. The fraction of sp³-hybridized carbons (Fsp3) is 0.591. The van der Waals surface area contributed by atoms with Crippen LogP contribution in [-0.4, -0.2) is 41.3 Å². The van der Waals surface area contributed by atoms with Gasteiger partial charge in [0.15, 0.2) is 0 Å². The first-order valence-corrected chi connectivity index (χ1v) is 11.1. The molecular weight excluding hydrogens is 370 g/mol. The first-order chi connectivity index (χ1) is 13.4. The van der Waals surface area contributed by atoms with Crippen LogP contribution in [0.5, 0.6) is 0 Å². The van der Waals surface area contributed by atoms with Crippen LogP contribution in [0.4, 0.5) is 0 Å². The molecule has 2 amide bonds. The average molecular weight is 398 g/mol. The number of piperidine rings is 1. The number of hydrogen-bond donors (Lipinski definition) is 1. The Morgan fingerprint density at radius 3 is 2.82 bits per heavy atom. The smallest absolute Gasteiger partial charge is 0.223 e. The summed E-state index contributed by atoms with van der Waals surface area (Å²) >= 11 is 1.84. The number of nitrogens with one attached hydrogen (secondary N) is 1. The van der Waals surface area contributed by atoms with E-state index in [1.165, 1.54) is 28.1 Å². The highest BCUT2D eigenvalue weighted by atomic mass is 32.1. The molecule has 1 atom stereocenters. The zero-order chi connectivity index (χ0) is 19.5. The monoisotopic (exact) mass is 397 g/mol. The van der Waals surface area contributed by atoms with E-state index in [1.807, 2.05) is 18.4 Å². The summed E-state index contributed by atoms with van der Waals surface area (Å²) in [6.45, 7) is 2.80. The van der Waals surface area contributed by atoms with Crippen molar-refractivity contribution in [2.24, 2.45) is 11.3 Å². The molecule has 1 N–H and O–H groups in total. The molecule has 2 aromatic rings. The summed E-state index contributed by atoms with van der Waals surface area (Å²) in [6.07, 6.45) is 5.71. The molecule has 6 heteroatoms. The van der Waals surface area contributed by atoms with Crippen molar-refractivity contribution in [2.75, 3.05) is 13.6 Å². The maximum atomic E-state index is 12.5. The second-order valence-electron chi connectivity index (χ2n) is 9.25. The number of carbonyl (C=O) groups is 2. The lowest BCUT2D eigenvalue weighted by molar-refractivity contribution is -0.140. The maximum Gasteiger partial charge on any atom is 0.223 e. The molecule has 1 aromatic heterocycles. The summed E-state index contributed by atoms with van der Waals surface area (Å²) in [5.74, 6) is 0.615. The number of fused-ring (bicyclic) bond motifs is 1. The Morgan fingerprint density at radius 2 is 2.07 bits per heavy atom. The van der Waals surface area contributed by atoms with Crippen molar-refractivity contribution in [3.63, 3.8) is 0 Å². The number of carbonyl (C=O) groups excluding carboxylic acids is 2. The molecule has 3 fully saturated rings. The Kier molecular flexibility index (Phi) is 4.23. The summed E-state index contributed by atoms with van der Waals surface area (Å²) in [5.41, 5.74) is 2.81. The largest absolute Gasteiger partial charge is 0.353 e. The second kappa shape index (κ2) is 6.55. The predicted octanol–water partition coefficient (Wildman–Crippen LogP) is 3.62. The van der Waals surface area contributed by atoms with Gasteiger partial charge in [-0.25, -0.2) is 4.98 Å².